The minimum absolute atomic E-state index is 0. The molecule has 0 aliphatic heterocycles. The van der Waals surface area contributed by atoms with Crippen molar-refractivity contribution in [2.24, 2.45) is 0 Å². The van der Waals surface area contributed by atoms with E-state index in [9.17, 15) is 14.3 Å². The molecule has 0 saturated heterocycles. The van der Waals surface area contributed by atoms with E-state index in [2.05, 4.69) is 0 Å². The van der Waals surface area contributed by atoms with Crippen LogP contribution in [-0.4, -0.2) is 11.7 Å². The van der Waals surface area contributed by atoms with Crippen LogP contribution < -0.4 is 34.5 Å². The SMILES string of the molecule is CCP(=O)([O-])C(C)=O.[Na+]. The summed E-state index contributed by atoms with van der Waals surface area (Å²) in [6.07, 6.45) is -0.0671. The van der Waals surface area contributed by atoms with Crippen LogP contribution in [0.25, 0.3) is 0 Å². The van der Waals surface area contributed by atoms with Gasteiger partial charge < -0.3 is 9.46 Å². The maximum Gasteiger partial charge on any atom is 1.00 e. The van der Waals surface area contributed by atoms with E-state index in [4.69, 9.17) is 0 Å². The van der Waals surface area contributed by atoms with Gasteiger partial charge in [0, 0.05) is 6.92 Å². The second kappa shape index (κ2) is 4.64. The van der Waals surface area contributed by atoms with Crippen LogP contribution in [0.5, 0.6) is 0 Å². The fourth-order valence-corrected chi connectivity index (χ4v) is 0.668. The summed E-state index contributed by atoms with van der Waals surface area (Å²) in [4.78, 5) is 20.5. The summed E-state index contributed by atoms with van der Waals surface area (Å²) in [6.45, 7) is 2.52. The van der Waals surface area contributed by atoms with E-state index in [1.54, 1.807) is 0 Å². The fraction of sp³-hybridized carbons (Fsp3) is 0.750. The Bertz CT molecular complexity index is 145. The first-order valence-electron chi connectivity index (χ1n) is 2.32. The molecule has 0 fully saturated rings. The van der Waals surface area contributed by atoms with E-state index in [0.29, 0.717) is 0 Å². The molecule has 3 nitrogen and oxygen atoms in total. The average Bonchev–Trinajstić information content (AvgIpc) is 1.67. The first-order chi connectivity index (χ1) is 3.50. The normalized spacial score (nSPS) is 15.4. The summed E-state index contributed by atoms with van der Waals surface area (Å²) >= 11 is 0. The monoisotopic (exact) mass is 158 g/mol. The molecule has 0 rings (SSSR count). The van der Waals surface area contributed by atoms with Gasteiger partial charge in [0.15, 0.2) is 5.52 Å². The molecule has 0 spiro atoms. The molecule has 48 valence electrons. The maximum absolute atomic E-state index is 10.4. The molecule has 9 heavy (non-hydrogen) atoms. The van der Waals surface area contributed by atoms with Crippen molar-refractivity contribution in [3.05, 3.63) is 0 Å². The van der Waals surface area contributed by atoms with Gasteiger partial charge in [0.25, 0.3) is 0 Å². The molecular weight excluding hydrogens is 150 g/mol. The molecular formula is C4H8NaO3P. The van der Waals surface area contributed by atoms with Crippen molar-refractivity contribution in [1.29, 1.82) is 0 Å². The van der Waals surface area contributed by atoms with Gasteiger partial charge in [0.1, 0.15) is 0 Å². The molecule has 0 aromatic heterocycles. The van der Waals surface area contributed by atoms with Gasteiger partial charge in [-0.25, -0.2) is 0 Å². The third-order valence-electron chi connectivity index (χ3n) is 0.896. The second-order valence-corrected chi connectivity index (χ2v) is 4.12. The van der Waals surface area contributed by atoms with E-state index >= 15 is 0 Å². The van der Waals surface area contributed by atoms with Crippen molar-refractivity contribution in [1.82, 2.24) is 0 Å². The predicted octanol–water partition coefficient (Wildman–Crippen LogP) is -2.80. The van der Waals surface area contributed by atoms with E-state index in [0.717, 1.165) is 6.92 Å². The first kappa shape index (κ1) is 12.5. The van der Waals surface area contributed by atoms with Crippen LogP contribution in [0, 0.1) is 0 Å². The number of hydrogen-bond donors (Lipinski definition) is 0. The number of rotatable bonds is 2. The molecule has 0 saturated carbocycles. The van der Waals surface area contributed by atoms with Gasteiger partial charge in [0.2, 0.25) is 0 Å². The summed E-state index contributed by atoms with van der Waals surface area (Å²) in [7, 11) is -3.63. The van der Waals surface area contributed by atoms with Crippen molar-refractivity contribution in [3.63, 3.8) is 0 Å². The Balaban J connectivity index is 0. The molecule has 0 aromatic rings. The van der Waals surface area contributed by atoms with Crippen molar-refractivity contribution in [3.8, 4) is 0 Å². The van der Waals surface area contributed by atoms with E-state index in [-0.39, 0.29) is 35.7 Å². The summed E-state index contributed by atoms with van der Waals surface area (Å²) < 4.78 is 10.4. The largest absolute Gasteiger partial charge is 1.00 e. The van der Waals surface area contributed by atoms with Crippen LogP contribution in [0.1, 0.15) is 13.8 Å². The Morgan fingerprint density at radius 2 is 2.00 bits per heavy atom. The Hall–Kier alpha value is 0.860. The summed E-state index contributed by atoms with van der Waals surface area (Å²) in [5, 5.41) is 0. The van der Waals surface area contributed by atoms with Crippen LogP contribution in [-0.2, 0) is 9.36 Å². The van der Waals surface area contributed by atoms with E-state index < -0.39 is 12.9 Å². The molecule has 1 unspecified atom stereocenters. The Kier molecular flexibility index (Phi) is 6.46. The topological polar surface area (TPSA) is 57.2 Å². The van der Waals surface area contributed by atoms with Crippen molar-refractivity contribution >= 4 is 12.9 Å². The molecule has 1 atom stereocenters. The molecule has 0 bridgehead atoms. The molecule has 0 N–H and O–H groups in total. The van der Waals surface area contributed by atoms with Crippen LogP contribution in [0.2, 0.25) is 0 Å². The average molecular weight is 158 g/mol. The van der Waals surface area contributed by atoms with Crippen molar-refractivity contribution < 1.29 is 43.8 Å². The van der Waals surface area contributed by atoms with Crippen molar-refractivity contribution in [2.75, 3.05) is 6.16 Å². The smallest absolute Gasteiger partial charge is 0.794 e. The van der Waals surface area contributed by atoms with Crippen molar-refractivity contribution in [2.45, 2.75) is 13.8 Å². The number of hydrogen-bond acceptors (Lipinski definition) is 3. The Morgan fingerprint density at radius 3 is 2.00 bits per heavy atom. The van der Waals surface area contributed by atoms with Gasteiger partial charge in [0.05, 0.1) is 7.37 Å². The fourth-order valence-electron chi connectivity index (χ4n) is 0.223. The Labute approximate surface area is 76.6 Å². The minimum atomic E-state index is -3.63. The summed E-state index contributed by atoms with van der Waals surface area (Å²) in [5.41, 5.74) is -0.722. The van der Waals surface area contributed by atoms with Crippen LogP contribution in [0.4, 0.5) is 0 Å². The van der Waals surface area contributed by atoms with Crippen LogP contribution >= 0.6 is 7.37 Å². The maximum atomic E-state index is 10.4. The van der Waals surface area contributed by atoms with Crippen LogP contribution in [0.3, 0.4) is 0 Å². The molecule has 5 heteroatoms. The van der Waals surface area contributed by atoms with Gasteiger partial charge in [-0.2, -0.15) is 0 Å². The quantitative estimate of drug-likeness (QED) is 0.322. The summed E-state index contributed by atoms with van der Waals surface area (Å²) in [5.74, 6) is 0. The molecule has 0 aliphatic carbocycles. The predicted molar refractivity (Wildman–Crippen MR) is 28.8 cm³/mol. The number of carbonyl (C=O) groups excluding carboxylic acids is 1. The zero-order valence-electron chi connectivity index (χ0n) is 5.88. The van der Waals surface area contributed by atoms with E-state index in [1.165, 1.54) is 6.92 Å². The molecule has 0 aromatic carbocycles. The molecule has 0 radical (unpaired) electrons. The van der Waals surface area contributed by atoms with Gasteiger partial charge in [-0.1, -0.05) is 6.92 Å². The van der Waals surface area contributed by atoms with Gasteiger partial charge in [-0.15, -0.1) is 0 Å². The molecule has 0 aliphatic rings. The summed E-state index contributed by atoms with van der Waals surface area (Å²) in [6, 6.07) is 0. The third kappa shape index (κ3) is 4.29. The van der Waals surface area contributed by atoms with Gasteiger partial charge >= 0.3 is 29.6 Å². The van der Waals surface area contributed by atoms with E-state index in [1.807, 2.05) is 0 Å². The van der Waals surface area contributed by atoms with Crippen LogP contribution in [0.15, 0.2) is 0 Å². The Morgan fingerprint density at radius 1 is 1.67 bits per heavy atom. The minimum Gasteiger partial charge on any atom is -0.794 e. The number of carbonyl (C=O) groups is 1. The second-order valence-electron chi connectivity index (χ2n) is 1.51. The first-order valence-corrected chi connectivity index (χ1v) is 4.13. The standard InChI is InChI=1S/C4H9O3P.Na/c1-3-8(6,7)4(2)5;/h3H2,1-2H3,(H,6,7);/q;+1/p-1. The molecule has 0 amide bonds. The third-order valence-corrected chi connectivity index (χ3v) is 2.69. The van der Waals surface area contributed by atoms with Gasteiger partial charge in [-0.3, -0.25) is 4.79 Å². The van der Waals surface area contributed by atoms with Gasteiger partial charge in [-0.05, 0) is 6.16 Å². The zero-order valence-corrected chi connectivity index (χ0v) is 8.77. The zero-order chi connectivity index (χ0) is 6.78. The molecule has 0 heterocycles.